The number of nitrogens with zero attached hydrogens (tertiary/aromatic N) is 4. The molecule has 0 radical (unpaired) electrons. The van der Waals surface area contributed by atoms with Gasteiger partial charge in [-0.2, -0.15) is 0 Å². The Morgan fingerprint density at radius 3 is 2.76 bits per heavy atom. The number of imidazole rings is 1. The second-order valence-corrected chi connectivity index (χ2v) is 3.81. The maximum Gasteiger partial charge on any atom is 0.198 e. The number of aromatic nitrogens is 4. The van der Waals surface area contributed by atoms with Gasteiger partial charge in [-0.1, -0.05) is 12.1 Å². The normalized spacial score (nSPS) is 10.9. The Labute approximate surface area is 98.0 Å². The number of hydrogen-bond acceptors (Lipinski definition) is 4. The first-order chi connectivity index (χ1) is 8.25. The fourth-order valence-electron chi connectivity index (χ4n) is 1.78. The maximum atomic E-state index is 5.93. The number of nitrogen functional groups attached to an aromatic ring is 1. The van der Waals surface area contributed by atoms with Crippen molar-refractivity contribution in [2.75, 3.05) is 5.73 Å². The molecule has 0 bridgehead atoms. The molecule has 0 aliphatic carbocycles. The van der Waals surface area contributed by atoms with E-state index in [0.29, 0.717) is 17.5 Å². The molecular weight excluding hydrogens is 214 g/mol. The third-order valence-electron chi connectivity index (χ3n) is 2.65. The van der Waals surface area contributed by atoms with Crippen LogP contribution in [0.15, 0.2) is 36.7 Å². The van der Waals surface area contributed by atoms with Crippen molar-refractivity contribution in [1.82, 2.24) is 19.5 Å². The molecule has 0 fully saturated rings. The van der Waals surface area contributed by atoms with Gasteiger partial charge in [-0.15, -0.1) is 0 Å². The van der Waals surface area contributed by atoms with Gasteiger partial charge in [0.25, 0.3) is 0 Å². The van der Waals surface area contributed by atoms with Gasteiger partial charge in [0, 0.05) is 24.8 Å². The molecule has 0 saturated heterocycles. The molecule has 0 aliphatic rings. The van der Waals surface area contributed by atoms with Gasteiger partial charge in [0.05, 0.1) is 5.52 Å². The minimum Gasteiger partial charge on any atom is -0.383 e. The molecular formula is C12H11N5. The summed E-state index contributed by atoms with van der Waals surface area (Å²) in [6.45, 7) is 0. The molecule has 1 aromatic carbocycles. The average Bonchev–Trinajstić information content (AvgIpc) is 2.75. The molecule has 0 atom stereocenters. The molecule has 5 nitrogen and oxygen atoms in total. The second kappa shape index (κ2) is 3.55. The molecule has 2 heterocycles. The maximum absolute atomic E-state index is 5.93. The van der Waals surface area contributed by atoms with E-state index < -0.39 is 0 Å². The summed E-state index contributed by atoms with van der Waals surface area (Å²) in [5, 5.41) is 0.866. The Morgan fingerprint density at radius 1 is 1.18 bits per heavy atom. The van der Waals surface area contributed by atoms with E-state index in [-0.39, 0.29) is 0 Å². The number of para-hydroxylation sites is 1. The molecule has 3 aromatic rings. The Hall–Kier alpha value is -2.43. The van der Waals surface area contributed by atoms with Crippen molar-refractivity contribution in [1.29, 1.82) is 0 Å². The predicted octanol–water partition coefficient (Wildman–Crippen LogP) is 1.61. The van der Waals surface area contributed by atoms with Crippen LogP contribution in [0.1, 0.15) is 0 Å². The van der Waals surface area contributed by atoms with Crippen molar-refractivity contribution < 1.29 is 0 Å². The lowest BCUT2D eigenvalue weighted by Gasteiger charge is -2.04. The number of rotatable bonds is 1. The number of benzene rings is 1. The predicted molar refractivity (Wildman–Crippen MR) is 66.2 cm³/mol. The van der Waals surface area contributed by atoms with Crippen LogP contribution in [-0.2, 0) is 7.05 Å². The van der Waals surface area contributed by atoms with Crippen LogP contribution in [0, 0.1) is 0 Å². The van der Waals surface area contributed by atoms with Gasteiger partial charge in [0.15, 0.2) is 11.6 Å². The summed E-state index contributed by atoms with van der Waals surface area (Å²) >= 11 is 0. The van der Waals surface area contributed by atoms with Gasteiger partial charge in [-0.05, 0) is 12.1 Å². The van der Waals surface area contributed by atoms with Crippen LogP contribution in [-0.4, -0.2) is 19.5 Å². The quantitative estimate of drug-likeness (QED) is 0.683. The summed E-state index contributed by atoms with van der Waals surface area (Å²) in [6, 6.07) is 7.67. The third kappa shape index (κ3) is 1.52. The summed E-state index contributed by atoms with van der Waals surface area (Å²) in [5.41, 5.74) is 6.76. The highest BCUT2D eigenvalue weighted by atomic mass is 15.1. The second-order valence-electron chi connectivity index (χ2n) is 3.81. The van der Waals surface area contributed by atoms with Gasteiger partial charge in [0.2, 0.25) is 0 Å². The van der Waals surface area contributed by atoms with Gasteiger partial charge in [-0.3, -0.25) is 0 Å². The molecule has 0 spiro atoms. The lowest BCUT2D eigenvalue weighted by molar-refractivity contribution is 0.910. The molecule has 2 N–H and O–H groups in total. The van der Waals surface area contributed by atoms with Crippen molar-refractivity contribution >= 4 is 16.7 Å². The molecule has 2 aromatic heterocycles. The van der Waals surface area contributed by atoms with E-state index in [1.54, 1.807) is 6.20 Å². The Kier molecular flexibility index (Phi) is 2.04. The van der Waals surface area contributed by atoms with Crippen LogP contribution >= 0.6 is 0 Å². The van der Waals surface area contributed by atoms with Crippen LogP contribution in [0.2, 0.25) is 0 Å². The van der Waals surface area contributed by atoms with E-state index in [0.717, 1.165) is 10.9 Å². The zero-order chi connectivity index (χ0) is 11.8. The van der Waals surface area contributed by atoms with Crippen molar-refractivity contribution in [2.45, 2.75) is 0 Å². The lowest BCUT2D eigenvalue weighted by Crippen LogP contribution is -2.01. The van der Waals surface area contributed by atoms with E-state index >= 15 is 0 Å². The number of fused-ring (bicyclic) bond motifs is 1. The zero-order valence-electron chi connectivity index (χ0n) is 9.33. The molecule has 3 rings (SSSR count). The lowest BCUT2D eigenvalue weighted by atomic mass is 10.2. The van der Waals surface area contributed by atoms with E-state index in [2.05, 4.69) is 15.0 Å². The summed E-state index contributed by atoms with van der Waals surface area (Å²) in [4.78, 5) is 13.0. The molecule has 0 unspecified atom stereocenters. The van der Waals surface area contributed by atoms with E-state index in [1.807, 2.05) is 42.1 Å². The average molecular weight is 225 g/mol. The Balaban J connectivity index is 2.29. The number of hydrogen-bond donors (Lipinski definition) is 1. The molecule has 0 aliphatic heterocycles. The van der Waals surface area contributed by atoms with Crippen LogP contribution in [0.4, 0.5) is 5.82 Å². The fraction of sp³-hybridized carbons (Fsp3) is 0.0833. The van der Waals surface area contributed by atoms with Gasteiger partial charge < -0.3 is 10.3 Å². The highest BCUT2D eigenvalue weighted by Crippen LogP contribution is 2.21. The number of nitrogens with two attached hydrogens (primary N) is 1. The van der Waals surface area contributed by atoms with E-state index in [9.17, 15) is 0 Å². The minimum absolute atomic E-state index is 0.480. The summed E-state index contributed by atoms with van der Waals surface area (Å²) < 4.78 is 1.86. The smallest absolute Gasteiger partial charge is 0.198 e. The topological polar surface area (TPSA) is 69.6 Å². The fourth-order valence-corrected chi connectivity index (χ4v) is 1.78. The molecule has 0 amide bonds. The van der Waals surface area contributed by atoms with Crippen molar-refractivity contribution in [3.63, 3.8) is 0 Å². The number of aryl methyl sites for hydroxylation is 1. The first-order valence-corrected chi connectivity index (χ1v) is 5.25. The summed E-state index contributed by atoms with van der Waals surface area (Å²) in [5.74, 6) is 1.74. The Bertz CT molecular complexity index is 686. The molecule has 0 saturated carbocycles. The van der Waals surface area contributed by atoms with Gasteiger partial charge >= 0.3 is 0 Å². The monoisotopic (exact) mass is 225 g/mol. The number of anilines is 1. The highest BCUT2D eigenvalue weighted by Gasteiger charge is 2.10. The first-order valence-electron chi connectivity index (χ1n) is 5.25. The summed E-state index contributed by atoms with van der Waals surface area (Å²) in [7, 11) is 1.90. The zero-order valence-corrected chi connectivity index (χ0v) is 9.33. The minimum atomic E-state index is 0.480. The molecule has 5 heteroatoms. The SMILES string of the molecule is Cn1ccnc1-c1nc(N)c2ccccc2n1. The van der Waals surface area contributed by atoms with Gasteiger partial charge in [0.1, 0.15) is 5.82 Å². The van der Waals surface area contributed by atoms with Crippen LogP contribution in [0.25, 0.3) is 22.6 Å². The molecule has 17 heavy (non-hydrogen) atoms. The van der Waals surface area contributed by atoms with Crippen LogP contribution in [0.5, 0.6) is 0 Å². The van der Waals surface area contributed by atoms with E-state index in [1.165, 1.54) is 0 Å². The standard InChI is InChI=1S/C12H11N5/c1-17-7-6-14-12(17)11-15-9-5-3-2-4-8(9)10(13)16-11/h2-7H,1H3,(H2,13,15,16). The van der Waals surface area contributed by atoms with Crippen molar-refractivity contribution in [3.8, 4) is 11.6 Å². The first kappa shape index (κ1) is 9.77. The van der Waals surface area contributed by atoms with Crippen molar-refractivity contribution in [3.05, 3.63) is 36.7 Å². The van der Waals surface area contributed by atoms with E-state index in [4.69, 9.17) is 5.73 Å². The third-order valence-corrected chi connectivity index (χ3v) is 2.65. The highest BCUT2D eigenvalue weighted by molar-refractivity contribution is 5.89. The summed E-state index contributed by atoms with van der Waals surface area (Å²) in [6.07, 6.45) is 3.56. The van der Waals surface area contributed by atoms with Crippen molar-refractivity contribution in [2.24, 2.45) is 7.05 Å². The Morgan fingerprint density at radius 2 is 2.00 bits per heavy atom. The molecule has 84 valence electrons. The van der Waals surface area contributed by atoms with Crippen LogP contribution in [0.3, 0.4) is 0 Å². The van der Waals surface area contributed by atoms with Crippen LogP contribution < -0.4 is 5.73 Å². The van der Waals surface area contributed by atoms with Gasteiger partial charge in [-0.25, -0.2) is 15.0 Å². The largest absolute Gasteiger partial charge is 0.383 e.